The number of fused-ring (bicyclic) bond motifs is 6. The number of aliphatic carboxylic acids is 1. The lowest BCUT2D eigenvalue weighted by atomic mass is 9.84. The molecule has 1 saturated heterocycles. The topological polar surface area (TPSA) is 198 Å². The van der Waals surface area contributed by atoms with Gasteiger partial charge in [-0.2, -0.15) is 0 Å². The van der Waals surface area contributed by atoms with E-state index in [4.69, 9.17) is 9.47 Å². The third-order valence-corrected chi connectivity index (χ3v) is 15.3. The van der Waals surface area contributed by atoms with Gasteiger partial charge in [-0.15, -0.1) is 0 Å². The number of halogens is 2. The van der Waals surface area contributed by atoms with Crippen molar-refractivity contribution in [1.82, 2.24) is 14.7 Å². The molecule has 1 unspecified atom stereocenters. The van der Waals surface area contributed by atoms with E-state index >= 15 is 0 Å². The van der Waals surface area contributed by atoms with Crippen molar-refractivity contribution in [1.29, 1.82) is 0 Å². The first kappa shape index (κ1) is 54.0. The SMILES string of the molecule is CC(C)=CCC/C(C)=C/CC[C@@]1(C)Oc2c(c(O)cc3c2CN(CCC[C@@H](C(=O)N2CC(F)(F)CC2C(=O)O)N2Cc4c(cc(O)c5c4O[C@](C)(CC/C=C(\C)CCC=C(C)C)[C@@H](O)C5)C2=O)C3=O)C[C@@H]1O. The number of rotatable bonds is 19. The second kappa shape index (κ2) is 21.4. The molecule has 0 aliphatic carbocycles. The number of aliphatic hydroxyl groups excluding tert-OH is 2. The number of aromatic hydroxyl groups is 2. The molecular formula is C56H73F2N3O11. The fourth-order valence-corrected chi connectivity index (χ4v) is 10.9. The molecule has 6 atom stereocenters. The maximum Gasteiger partial charge on any atom is 0.326 e. The van der Waals surface area contributed by atoms with Crippen molar-refractivity contribution >= 4 is 23.7 Å². The Kier molecular flexibility index (Phi) is 16.1. The molecule has 72 heavy (non-hydrogen) atoms. The van der Waals surface area contributed by atoms with Crippen LogP contribution in [-0.4, -0.2) is 118 Å². The number of carboxylic acid groups (broad SMARTS) is 1. The van der Waals surface area contributed by atoms with Crippen LogP contribution in [0.2, 0.25) is 0 Å². The summed E-state index contributed by atoms with van der Waals surface area (Å²) in [5.41, 5.74) is 4.53. The van der Waals surface area contributed by atoms with Crippen molar-refractivity contribution in [2.24, 2.45) is 0 Å². The van der Waals surface area contributed by atoms with Gasteiger partial charge in [0.05, 0.1) is 43.0 Å². The van der Waals surface area contributed by atoms with E-state index in [1.165, 1.54) is 44.2 Å². The number of phenols is 2. The molecule has 2 aromatic rings. The minimum atomic E-state index is -3.50. The fourth-order valence-electron chi connectivity index (χ4n) is 10.9. The Bertz CT molecular complexity index is 2600. The summed E-state index contributed by atoms with van der Waals surface area (Å²) < 4.78 is 43.1. The molecule has 0 aromatic heterocycles. The van der Waals surface area contributed by atoms with Gasteiger partial charge in [0.25, 0.3) is 17.7 Å². The third-order valence-electron chi connectivity index (χ3n) is 15.3. The lowest BCUT2D eigenvalue weighted by molar-refractivity contribution is -0.150. The highest BCUT2D eigenvalue weighted by Crippen LogP contribution is 2.49. The normalized spacial score (nSPS) is 24.8. The number of benzene rings is 2. The average Bonchev–Trinajstić information content (AvgIpc) is 3.92. The molecular weight excluding hydrogens is 929 g/mol. The smallest absolute Gasteiger partial charge is 0.326 e. The van der Waals surface area contributed by atoms with Crippen LogP contribution in [0.1, 0.15) is 169 Å². The van der Waals surface area contributed by atoms with E-state index in [1.807, 2.05) is 27.7 Å². The van der Waals surface area contributed by atoms with E-state index in [0.29, 0.717) is 53.0 Å². The first-order valence-corrected chi connectivity index (χ1v) is 25.4. The molecule has 0 radical (unpaired) electrons. The number of likely N-dealkylation sites (tertiary alicyclic amines) is 1. The molecule has 5 N–H and O–H groups in total. The number of hydrogen-bond acceptors (Lipinski definition) is 10. The van der Waals surface area contributed by atoms with Gasteiger partial charge >= 0.3 is 5.97 Å². The summed E-state index contributed by atoms with van der Waals surface area (Å²) in [6, 6.07) is -0.696. The first-order chi connectivity index (χ1) is 33.8. The molecule has 3 amide bonds. The van der Waals surface area contributed by atoms with E-state index in [1.54, 1.807) is 6.92 Å². The molecule has 16 heteroatoms. The van der Waals surface area contributed by atoms with Crippen LogP contribution in [0.25, 0.3) is 0 Å². The Labute approximate surface area is 421 Å². The summed E-state index contributed by atoms with van der Waals surface area (Å²) in [7, 11) is 0. The monoisotopic (exact) mass is 1000 g/mol. The Balaban J connectivity index is 1.10. The highest BCUT2D eigenvalue weighted by molar-refractivity contribution is 6.03. The van der Waals surface area contributed by atoms with Crippen LogP contribution in [0.3, 0.4) is 0 Å². The molecule has 0 bridgehead atoms. The van der Waals surface area contributed by atoms with Crippen LogP contribution < -0.4 is 9.47 Å². The summed E-state index contributed by atoms with van der Waals surface area (Å²) in [6.45, 7) is 14.6. The van der Waals surface area contributed by atoms with Crippen molar-refractivity contribution in [3.63, 3.8) is 0 Å². The van der Waals surface area contributed by atoms with E-state index in [9.17, 15) is 53.5 Å². The minimum Gasteiger partial charge on any atom is -0.508 e. The van der Waals surface area contributed by atoms with Gasteiger partial charge in [0, 0.05) is 48.1 Å². The number of carbonyl (C=O) groups excluding carboxylic acids is 3. The summed E-state index contributed by atoms with van der Waals surface area (Å²) in [5.74, 6) is -7.19. The fraction of sp³-hybridized carbons (Fsp3) is 0.571. The van der Waals surface area contributed by atoms with Crippen molar-refractivity contribution in [2.45, 2.75) is 193 Å². The van der Waals surface area contributed by atoms with Crippen LogP contribution in [-0.2, 0) is 35.5 Å². The number of alkyl halides is 2. The summed E-state index contributed by atoms with van der Waals surface area (Å²) >= 11 is 0. The van der Waals surface area contributed by atoms with Crippen LogP contribution in [0.15, 0.2) is 58.7 Å². The van der Waals surface area contributed by atoms with Crippen LogP contribution in [0.4, 0.5) is 8.78 Å². The molecule has 5 heterocycles. The molecule has 7 rings (SSSR count). The molecule has 5 aliphatic heterocycles. The predicted molar refractivity (Wildman–Crippen MR) is 267 cm³/mol. The number of allylic oxidation sites excluding steroid dienone is 8. The Morgan fingerprint density at radius 1 is 0.736 bits per heavy atom. The quantitative estimate of drug-likeness (QED) is 0.0842. The first-order valence-electron chi connectivity index (χ1n) is 25.4. The number of hydrogen-bond donors (Lipinski definition) is 5. The number of ether oxygens (including phenoxy) is 2. The zero-order valence-electron chi connectivity index (χ0n) is 43.1. The van der Waals surface area contributed by atoms with Gasteiger partial charge in [-0.05, 0) is 132 Å². The lowest BCUT2D eigenvalue weighted by Crippen LogP contribution is -2.52. The van der Waals surface area contributed by atoms with E-state index < -0.39 is 78.1 Å². The molecule has 0 spiro atoms. The van der Waals surface area contributed by atoms with Gasteiger partial charge in [0.1, 0.15) is 46.3 Å². The van der Waals surface area contributed by atoms with Crippen molar-refractivity contribution < 1.29 is 63.0 Å². The molecule has 2 aromatic carbocycles. The summed E-state index contributed by atoms with van der Waals surface area (Å²) in [4.78, 5) is 58.8. The second-order valence-electron chi connectivity index (χ2n) is 21.7. The van der Waals surface area contributed by atoms with Gasteiger partial charge in [-0.25, -0.2) is 13.6 Å². The lowest BCUT2D eigenvalue weighted by Gasteiger charge is -2.41. The molecule has 1 fully saturated rings. The van der Waals surface area contributed by atoms with Crippen LogP contribution in [0.5, 0.6) is 23.0 Å². The van der Waals surface area contributed by atoms with Crippen molar-refractivity contribution in [3.05, 3.63) is 92.1 Å². The van der Waals surface area contributed by atoms with Gasteiger partial charge in [-0.1, -0.05) is 46.6 Å². The third kappa shape index (κ3) is 11.4. The van der Waals surface area contributed by atoms with E-state index in [2.05, 4.69) is 45.1 Å². The van der Waals surface area contributed by atoms with Gasteiger partial charge in [0.2, 0.25) is 5.91 Å². The highest BCUT2D eigenvalue weighted by atomic mass is 19.3. The van der Waals surface area contributed by atoms with Crippen molar-refractivity contribution in [2.75, 3.05) is 13.1 Å². The van der Waals surface area contributed by atoms with Crippen LogP contribution in [0, 0.1) is 0 Å². The second-order valence-corrected chi connectivity index (χ2v) is 21.7. The number of carboxylic acids is 1. The van der Waals surface area contributed by atoms with Gasteiger partial charge in [-0.3, -0.25) is 14.4 Å². The maximum absolute atomic E-state index is 15.0. The molecule has 0 saturated carbocycles. The van der Waals surface area contributed by atoms with E-state index in [-0.39, 0.29) is 79.3 Å². The Hall–Kier alpha value is -5.74. The number of carbonyl (C=O) groups is 4. The number of phenolic OH excluding ortho intramolecular Hbond substituents is 2. The number of nitrogens with zero attached hydrogens (tertiary/aromatic N) is 3. The molecule has 14 nitrogen and oxygen atoms in total. The zero-order valence-corrected chi connectivity index (χ0v) is 43.1. The average molecular weight is 1000 g/mol. The van der Waals surface area contributed by atoms with Crippen molar-refractivity contribution in [3.8, 4) is 23.0 Å². The maximum atomic E-state index is 15.0. The van der Waals surface area contributed by atoms with Gasteiger partial charge < -0.3 is 49.7 Å². The predicted octanol–water partition coefficient (Wildman–Crippen LogP) is 9.23. The highest BCUT2D eigenvalue weighted by Gasteiger charge is 2.53. The Morgan fingerprint density at radius 3 is 1.71 bits per heavy atom. The van der Waals surface area contributed by atoms with E-state index in [0.717, 1.165) is 25.7 Å². The zero-order chi connectivity index (χ0) is 52.6. The van der Waals surface area contributed by atoms with Crippen LogP contribution >= 0.6 is 0 Å². The minimum absolute atomic E-state index is 0.0141. The number of aliphatic hydroxyl groups is 2. The number of amides is 3. The molecule has 5 aliphatic rings. The molecule has 392 valence electrons. The Morgan fingerprint density at radius 2 is 1.22 bits per heavy atom. The summed E-state index contributed by atoms with van der Waals surface area (Å²) in [6.07, 6.45) is 11.3. The largest absolute Gasteiger partial charge is 0.508 e. The standard InChI is InChI=1S/C56H73F2N3O11/c1-32(2)14-9-16-34(5)18-11-21-54(7)46(64)26-38-44(62)24-36-40(48(38)71-54)29-59(50(36)66)23-13-20-42(52(68)61-31-56(57,58)28-43(61)53(69)70)60-30-41-37(51(60)67)25-45(63)39-27-47(65)55(8,72-49(39)41)22-12-19-35(6)17-10-15-33(3)4/h14-15,18-19,24-25,42-43,46-47,62-65H,9-13,16-17,20-23,26-31H2,1-8H3,(H,69,70)/b34-18+,35-19+/t42-,43?,46-,47-,54+,55+/m0/s1. The van der Waals surface area contributed by atoms with Gasteiger partial charge in [0.15, 0.2) is 0 Å². The summed E-state index contributed by atoms with van der Waals surface area (Å²) in [5, 5.41) is 55.2.